The Labute approximate surface area is 118 Å². The van der Waals surface area contributed by atoms with Gasteiger partial charge < -0.3 is 16.0 Å². The Morgan fingerprint density at radius 1 is 1.26 bits per heavy atom. The molecule has 1 aromatic rings. The van der Waals surface area contributed by atoms with Crippen LogP contribution in [0.2, 0.25) is 0 Å². The molecule has 2 rings (SSSR count). The molecule has 1 saturated heterocycles. The average Bonchev–Trinajstić information content (AvgIpc) is 2.25. The van der Waals surface area contributed by atoms with Gasteiger partial charge in [0.1, 0.15) is 0 Å². The second-order valence-electron chi connectivity index (χ2n) is 4.45. The molecular weight excluding hydrogens is 266 g/mol. The van der Waals surface area contributed by atoms with Gasteiger partial charge in [0.25, 0.3) is 0 Å². The summed E-state index contributed by atoms with van der Waals surface area (Å²) in [4.78, 5) is 22.5. The van der Waals surface area contributed by atoms with Crippen molar-refractivity contribution in [3.63, 3.8) is 0 Å². The molecule has 19 heavy (non-hydrogen) atoms. The van der Waals surface area contributed by atoms with Gasteiger partial charge in [-0.2, -0.15) is 0 Å². The number of carbonyl (C=O) groups excluding carboxylic acids is 2. The van der Waals surface area contributed by atoms with Gasteiger partial charge in [-0.05, 0) is 17.7 Å². The third-order valence-corrected chi connectivity index (χ3v) is 2.89. The molecule has 0 aromatic heterocycles. The van der Waals surface area contributed by atoms with Gasteiger partial charge in [0.05, 0.1) is 5.92 Å². The van der Waals surface area contributed by atoms with Crippen LogP contribution in [-0.4, -0.2) is 24.9 Å². The smallest absolute Gasteiger partial charge is 0.225 e. The maximum atomic E-state index is 11.6. The van der Waals surface area contributed by atoms with Crippen molar-refractivity contribution >= 4 is 29.9 Å². The molecule has 6 heteroatoms. The zero-order chi connectivity index (χ0) is 13.0. The molecule has 0 spiro atoms. The van der Waals surface area contributed by atoms with Gasteiger partial charge in [0, 0.05) is 32.2 Å². The van der Waals surface area contributed by atoms with Crippen LogP contribution in [0.3, 0.4) is 0 Å². The molecular formula is C13H18ClN3O2. The van der Waals surface area contributed by atoms with E-state index >= 15 is 0 Å². The lowest BCUT2D eigenvalue weighted by Crippen LogP contribution is -2.50. The minimum atomic E-state index is -0.0893. The number of halogens is 1. The van der Waals surface area contributed by atoms with E-state index in [2.05, 4.69) is 16.0 Å². The molecule has 2 amide bonds. The van der Waals surface area contributed by atoms with Crippen molar-refractivity contribution in [2.24, 2.45) is 5.92 Å². The number of amides is 2. The number of hydrogen-bond donors (Lipinski definition) is 3. The summed E-state index contributed by atoms with van der Waals surface area (Å²) in [6, 6.07) is 7.44. The summed E-state index contributed by atoms with van der Waals surface area (Å²) in [6.45, 7) is 3.54. The summed E-state index contributed by atoms with van der Waals surface area (Å²) in [5.41, 5.74) is 1.78. The Balaban J connectivity index is 0.00000180. The molecule has 5 nitrogen and oxygen atoms in total. The van der Waals surface area contributed by atoms with Gasteiger partial charge in [-0.3, -0.25) is 9.59 Å². The minimum absolute atomic E-state index is 0. The third kappa shape index (κ3) is 4.54. The van der Waals surface area contributed by atoms with E-state index in [1.165, 1.54) is 6.92 Å². The fraction of sp³-hybridized carbons (Fsp3) is 0.385. The van der Waals surface area contributed by atoms with E-state index in [1.54, 1.807) is 0 Å². The minimum Gasteiger partial charge on any atom is -0.352 e. The Bertz CT molecular complexity index is 444. The Morgan fingerprint density at radius 2 is 1.89 bits per heavy atom. The molecule has 1 aliphatic rings. The molecule has 1 aliphatic heterocycles. The summed E-state index contributed by atoms with van der Waals surface area (Å²) in [5, 5.41) is 8.66. The fourth-order valence-electron chi connectivity index (χ4n) is 1.72. The third-order valence-electron chi connectivity index (χ3n) is 2.89. The first-order chi connectivity index (χ1) is 8.65. The first-order valence-electron chi connectivity index (χ1n) is 6.00. The zero-order valence-corrected chi connectivity index (χ0v) is 11.5. The monoisotopic (exact) mass is 283 g/mol. The highest BCUT2D eigenvalue weighted by Crippen LogP contribution is 2.10. The first kappa shape index (κ1) is 15.5. The zero-order valence-electron chi connectivity index (χ0n) is 10.7. The van der Waals surface area contributed by atoms with Gasteiger partial charge in [0.2, 0.25) is 11.8 Å². The van der Waals surface area contributed by atoms with E-state index < -0.39 is 0 Å². The molecule has 1 fully saturated rings. The van der Waals surface area contributed by atoms with Crippen LogP contribution in [0, 0.1) is 5.92 Å². The van der Waals surface area contributed by atoms with Crippen LogP contribution >= 0.6 is 12.4 Å². The van der Waals surface area contributed by atoms with Gasteiger partial charge in [0.15, 0.2) is 0 Å². The number of benzene rings is 1. The summed E-state index contributed by atoms with van der Waals surface area (Å²) in [6.07, 6.45) is 0. The highest BCUT2D eigenvalue weighted by molar-refractivity contribution is 5.88. The predicted molar refractivity (Wildman–Crippen MR) is 76.2 cm³/mol. The fourth-order valence-corrected chi connectivity index (χ4v) is 1.72. The van der Waals surface area contributed by atoms with E-state index in [4.69, 9.17) is 0 Å². The maximum Gasteiger partial charge on any atom is 0.225 e. The molecule has 0 atom stereocenters. The summed E-state index contributed by atoms with van der Waals surface area (Å²) in [7, 11) is 0. The van der Waals surface area contributed by atoms with Gasteiger partial charge in [-0.15, -0.1) is 12.4 Å². The quantitative estimate of drug-likeness (QED) is 0.769. The second-order valence-corrected chi connectivity index (χ2v) is 4.45. The van der Waals surface area contributed by atoms with Crippen molar-refractivity contribution in [3.05, 3.63) is 29.8 Å². The number of nitrogens with one attached hydrogen (secondary N) is 3. The summed E-state index contributed by atoms with van der Waals surface area (Å²) < 4.78 is 0. The van der Waals surface area contributed by atoms with Gasteiger partial charge >= 0.3 is 0 Å². The Hall–Kier alpha value is -1.59. The van der Waals surface area contributed by atoms with Crippen molar-refractivity contribution in [1.82, 2.24) is 10.6 Å². The van der Waals surface area contributed by atoms with Crippen LogP contribution in [0.25, 0.3) is 0 Å². The largest absolute Gasteiger partial charge is 0.352 e. The Kier molecular flexibility index (Phi) is 5.79. The van der Waals surface area contributed by atoms with Crippen molar-refractivity contribution in [2.45, 2.75) is 13.5 Å². The van der Waals surface area contributed by atoms with E-state index in [-0.39, 0.29) is 30.1 Å². The molecule has 0 unspecified atom stereocenters. The maximum absolute atomic E-state index is 11.6. The first-order valence-corrected chi connectivity index (χ1v) is 6.00. The summed E-state index contributed by atoms with van der Waals surface area (Å²) in [5.74, 6) is 0.122. The van der Waals surface area contributed by atoms with Crippen LogP contribution in [0.15, 0.2) is 24.3 Å². The summed E-state index contributed by atoms with van der Waals surface area (Å²) >= 11 is 0. The molecule has 3 N–H and O–H groups in total. The van der Waals surface area contributed by atoms with Crippen LogP contribution in [0.1, 0.15) is 12.5 Å². The van der Waals surface area contributed by atoms with E-state index in [1.807, 2.05) is 24.3 Å². The van der Waals surface area contributed by atoms with E-state index in [9.17, 15) is 9.59 Å². The SMILES string of the molecule is CC(=O)Nc1ccc(CNC(=O)C2CNC2)cc1.Cl. The highest BCUT2D eigenvalue weighted by atomic mass is 35.5. The topological polar surface area (TPSA) is 70.2 Å². The Morgan fingerprint density at radius 3 is 2.37 bits per heavy atom. The van der Waals surface area contributed by atoms with Crippen LogP contribution in [0.4, 0.5) is 5.69 Å². The number of carbonyl (C=O) groups is 2. The number of rotatable bonds is 4. The van der Waals surface area contributed by atoms with Crippen molar-refractivity contribution in [3.8, 4) is 0 Å². The molecule has 0 aliphatic carbocycles. The molecule has 0 saturated carbocycles. The highest BCUT2D eigenvalue weighted by Gasteiger charge is 2.24. The van der Waals surface area contributed by atoms with E-state index in [0.717, 1.165) is 24.3 Å². The molecule has 104 valence electrons. The molecule has 1 heterocycles. The normalized spacial score (nSPS) is 13.9. The second kappa shape index (κ2) is 7.11. The lowest BCUT2D eigenvalue weighted by Gasteiger charge is -2.25. The molecule has 0 radical (unpaired) electrons. The van der Waals surface area contributed by atoms with Crippen molar-refractivity contribution < 1.29 is 9.59 Å². The van der Waals surface area contributed by atoms with E-state index in [0.29, 0.717) is 6.54 Å². The van der Waals surface area contributed by atoms with Crippen molar-refractivity contribution in [2.75, 3.05) is 18.4 Å². The van der Waals surface area contributed by atoms with Crippen LogP contribution in [0.5, 0.6) is 0 Å². The molecule has 0 bridgehead atoms. The average molecular weight is 284 g/mol. The standard InChI is InChI=1S/C13H17N3O2.ClH/c1-9(17)16-12-4-2-10(3-5-12)6-15-13(18)11-7-14-8-11;/h2-5,11,14H,6-8H2,1H3,(H,15,18)(H,16,17);1H. The number of anilines is 1. The molecule has 1 aromatic carbocycles. The van der Waals surface area contributed by atoms with Crippen LogP contribution in [-0.2, 0) is 16.1 Å². The van der Waals surface area contributed by atoms with Gasteiger partial charge in [-0.25, -0.2) is 0 Å². The number of hydrogen-bond acceptors (Lipinski definition) is 3. The van der Waals surface area contributed by atoms with Crippen LogP contribution < -0.4 is 16.0 Å². The predicted octanol–water partition coefficient (Wildman–Crippen LogP) is 0.902. The lowest BCUT2D eigenvalue weighted by molar-refractivity contribution is -0.126. The van der Waals surface area contributed by atoms with Gasteiger partial charge in [-0.1, -0.05) is 12.1 Å². The van der Waals surface area contributed by atoms with Crippen molar-refractivity contribution in [1.29, 1.82) is 0 Å². The lowest BCUT2D eigenvalue weighted by atomic mass is 10.0.